The molecule has 0 atom stereocenters. The minimum atomic E-state index is -0.413. The first-order chi connectivity index (χ1) is 13.4. The molecule has 2 aromatic rings. The molecule has 0 heterocycles. The number of benzene rings is 2. The normalized spacial score (nSPS) is 10.8. The van der Waals surface area contributed by atoms with Crippen LogP contribution in [0.25, 0.3) is 0 Å². The molecule has 0 saturated heterocycles. The van der Waals surface area contributed by atoms with Gasteiger partial charge in [0.05, 0.1) is 13.5 Å². The molecule has 0 saturated carbocycles. The van der Waals surface area contributed by atoms with E-state index in [1.54, 1.807) is 62.6 Å². The van der Waals surface area contributed by atoms with Crippen LogP contribution in [-0.2, 0) is 9.59 Å². The van der Waals surface area contributed by atoms with Gasteiger partial charge in [-0.1, -0.05) is 0 Å². The molecule has 0 bridgehead atoms. The first-order valence-electron chi connectivity index (χ1n) is 8.52. The van der Waals surface area contributed by atoms with Crippen molar-refractivity contribution in [3.63, 3.8) is 0 Å². The molecule has 2 rings (SSSR count). The smallest absolute Gasteiger partial charge is 0.271 e. The van der Waals surface area contributed by atoms with E-state index in [0.717, 1.165) is 0 Å². The monoisotopic (exact) mass is 382 g/mol. The molecule has 0 radical (unpaired) electrons. The maximum Gasteiger partial charge on any atom is 0.271 e. The van der Waals surface area contributed by atoms with Crippen LogP contribution in [0.2, 0.25) is 0 Å². The van der Waals surface area contributed by atoms with Gasteiger partial charge in [-0.05, 0) is 55.5 Å². The lowest BCUT2D eigenvalue weighted by atomic mass is 10.2. The fraction of sp³-hybridized carbons (Fsp3) is 0.200. The second-order valence-corrected chi connectivity index (χ2v) is 6.00. The van der Waals surface area contributed by atoms with Gasteiger partial charge < -0.3 is 15.4 Å². The summed E-state index contributed by atoms with van der Waals surface area (Å²) in [6.07, 6.45) is 0.0355. The first-order valence-corrected chi connectivity index (χ1v) is 8.52. The molecule has 2 aromatic carbocycles. The Labute approximate surface area is 163 Å². The standard InChI is InChI=1S/C20H22N4O4/c1-13(12-19(26)22-17-8-10-18(28-3)11-9-17)23-24-20(27)15-4-6-16(7-5-15)21-14(2)25/h4-11H,12H2,1-3H3,(H,21,25)(H,22,26)(H,24,27). The van der Waals surface area contributed by atoms with E-state index in [1.807, 2.05) is 0 Å². The summed E-state index contributed by atoms with van der Waals surface area (Å²) in [6.45, 7) is 3.05. The largest absolute Gasteiger partial charge is 0.497 e. The maximum atomic E-state index is 12.1. The van der Waals surface area contributed by atoms with Crippen molar-refractivity contribution in [3.05, 3.63) is 54.1 Å². The van der Waals surface area contributed by atoms with E-state index in [4.69, 9.17) is 4.74 Å². The maximum absolute atomic E-state index is 12.1. The van der Waals surface area contributed by atoms with Crippen molar-refractivity contribution >= 4 is 34.8 Å². The molecule has 0 unspecified atom stereocenters. The average molecular weight is 382 g/mol. The molecule has 0 aliphatic carbocycles. The number of carbonyl (C=O) groups is 3. The Morgan fingerprint density at radius 2 is 1.46 bits per heavy atom. The van der Waals surface area contributed by atoms with Gasteiger partial charge in [0.15, 0.2) is 0 Å². The summed E-state index contributed by atoms with van der Waals surface area (Å²) in [5.74, 6) is -0.154. The highest BCUT2D eigenvalue weighted by Crippen LogP contribution is 2.15. The Kier molecular flexibility index (Phi) is 7.27. The molecule has 146 valence electrons. The number of amides is 3. The summed E-state index contributed by atoms with van der Waals surface area (Å²) in [7, 11) is 1.57. The van der Waals surface area contributed by atoms with Gasteiger partial charge in [0.1, 0.15) is 5.75 Å². The molecule has 0 aliphatic rings. The summed E-state index contributed by atoms with van der Waals surface area (Å²) in [5, 5.41) is 9.31. The van der Waals surface area contributed by atoms with Crippen LogP contribution in [0.3, 0.4) is 0 Å². The van der Waals surface area contributed by atoms with Crippen molar-refractivity contribution in [2.75, 3.05) is 17.7 Å². The zero-order valence-corrected chi connectivity index (χ0v) is 15.9. The van der Waals surface area contributed by atoms with Crippen LogP contribution in [0.15, 0.2) is 53.6 Å². The van der Waals surface area contributed by atoms with Gasteiger partial charge in [-0.3, -0.25) is 14.4 Å². The molecular weight excluding hydrogens is 360 g/mol. The van der Waals surface area contributed by atoms with Crippen molar-refractivity contribution < 1.29 is 19.1 Å². The summed E-state index contributed by atoms with van der Waals surface area (Å²) in [4.78, 5) is 35.1. The fourth-order valence-electron chi connectivity index (χ4n) is 2.27. The number of nitrogens with zero attached hydrogens (tertiary/aromatic N) is 1. The van der Waals surface area contributed by atoms with Crippen molar-refractivity contribution in [2.45, 2.75) is 20.3 Å². The highest BCUT2D eigenvalue weighted by Gasteiger charge is 2.08. The van der Waals surface area contributed by atoms with Crippen LogP contribution in [0.1, 0.15) is 30.6 Å². The predicted molar refractivity (Wildman–Crippen MR) is 108 cm³/mol. The van der Waals surface area contributed by atoms with E-state index in [9.17, 15) is 14.4 Å². The highest BCUT2D eigenvalue weighted by atomic mass is 16.5. The van der Waals surface area contributed by atoms with Gasteiger partial charge in [0, 0.05) is 29.6 Å². The third-order valence-electron chi connectivity index (χ3n) is 3.61. The van der Waals surface area contributed by atoms with Gasteiger partial charge in [-0.15, -0.1) is 0 Å². The number of hydrazone groups is 1. The fourth-order valence-corrected chi connectivity index (χ4v) is 2.27. The first kappa shape index (κ1) is 20.6. The third-order valence-corrected chi connectivity index (χ3v) is 3.61. The minimum absolute atomic E-state index is 0.0355. The van der Waals surface area contributed by atoms with Crippen LogP contribution < -0.4 is 20.8 Å². The molecule has 3 amide bonds. The Morgan fingerprint density at radius 3 is 2.04 bits per heavy atom. The molecule has 0 aliphatic heterocycles. The topological polar surface area (TPSA) is 109 Å². The zero-order valence-electron chi connectivity index (χ0n) is 15.9. The van der Waals surface area contributed by atoms with Crippen LogP contribution in [0.5, 0.6) is 5.75 Å². The number of rotatable bonds is 7. The second-order valence-electron chi connectivity index (χ2n) is 6.00. The van der Waals surface area contributed by atoms with E-state index < -0.39 is 5.91 Å². The van der Waals surface area contributed by atoms with E-state index in [-0.39, 0.29) is 18.2 Å². The van der Waals surface area contributed by atoms with Gasteiger partial charge in [0.25, 0.3) is 5.91 Å². The van der Waals surface area contributed by atoms with E-state index in [1.165, 1.54) is 6.92 Å². The third kappa shape index (κ3) is 6.56. The molecule has 3 N–H and O–H groups in total. The number of hydrogen-bond acceptors (Lipinski definition) is 5. The van der Waals surface area contributed by atoms with E-state index in [0.29, 0.717) is 28.4 Å². The van der Waals surface area contributed by atoms with Gasteiger partial charge in [0.2, 0.25) is 11.8 Å². The highest BCUT2D eigenvalue weighted by molar-refractivity contribution is 6.06. The quantitative estimate of drug-likeness (QED) is 0.505. The number of anilines is 2. The Hall–Kier alpha value is -3.68. The molecule has 0 aromatic heterocycles. The summed E-state index contributed by atoms with van der Waals surface area (Å²) < 4.78 is 5.06. The predicted octanol–water partition coefficient (Wildman–Crippen LogP) is 2.79. The molecule has 0 spiro atoms. The van der Waals surface area contributed by atoms with Crippen LogP contribution in [-0.4, -0.2) is 30.5 Å². The number of ether oxygens (including phenoxy) is 1. The van der Waals surface area contributed by atoms with E-state index >= 15 is 0 Å². The van der Waals surface area contributed by atoms with Crippen LogP contribution in [0, 0.1) is 0 Å². The molecule has 0 fully saturated rings. The second kappa shape index (κ2) is 9.86. The lowest BCUT2D eigenvalue weighted by molar-refractivity contribution is -0.115. The number of carbonyl (C=O) groups excluding carboxylic acids is 3. The van der Waals surface area contributed by atoms with Crippen molar-refractivity contribution in [1.29, 1.82) is 0 Å². The lowest BCUT2D eigenvalue weighted by Crippen LogP contribution is -2.21. The molecule has 8 nitrogen and oxygen atoms in total. The number of nitrogens with one attached hydrogen (secondary N) is 3. The Bertz CT molecular complexity index is 874. The minimum Gasteiger partial charge on any atom is -0.497 e. The molecule has 8 heteroatoms. The lowest BCUT2D eigenvalue weighted by Gasteiger charge is -2.07. The zero-order chi connectivity index (χ0) is 20.5. The summed E-state index contributed by atoms with van der Waals surface area (Å²) >= 11 is 0. The number of methoxy groups -OCH3 is 1. The molecular formula is C20H22N4O4. The van der Waals surface area contributed by atoms with Crippen LogP contribution >= 0.6 is 0 Å². The Balaban J connectivity index is 1.85. The van der Waals surface area contributed by atoms with Gasteiger partial charge >= 0.3 is 0 Å². The molecule has 28 heavy (non-hydrogen) atoms. The summed E-state index contributed by atoms with van der Waals surface area (Å²) in [6, 6.07) is 13.3. The SMILES string of the molecule is COc1ccc(NC(=O)CC(C)=NNC(=O)c2ccc(NC(C)=O)cc2)cc1. The van der Waals surface area contributed by atoms with Crippen molar-refractivity contribution in [1.82, 2.24) is 5.43 Å². The van der Waals surface area contributed by atoms with Crippen molar-refractivity contribution in [3.8, 4) is 5.75 Å². The number of hydrogen-bond donors (Lipinski definition) is 3. The van der Waals surface area contributed by atoms with Crippen LogP contribution in [0.4, 0.5) is 11.4 Å². The average Bonchev–Trinajstić information content (AvgIpc) is 2.66. The summed E-state index contributed by atoms with van der Waals surface area (Å²) in [5.41, 5.74) is 4.48. The van der Waals surface area contributed by atoms with Gasteiger partial charge in [-0.2, -0.15) is 5.10 Å². The van der Waals surface area contributed by atoms with Gasteiger partial charge in [-0.25, -0.2) is 5.43 Å². The van der Waals surface area contributed by atoms with Crippen molar-refractivity contribution in [2.24, 2.45) is 5.10 Å². The van der Waals surface area contributed by atoms with E-state index in [2.05, 4.69) is 21.2 Å². The Morgan fingerprint density at radius 1 is 0.893 bits per heavy atom.